The summed E-state index contributed by atoms with van der Waals surface area (Å²) in [5.41, 5.74) is 2.55. The third-order valence-corrected chi connectivity index (χ3v) is 3.75. The van der Waals surface area contributed by atoms with Gasteiger partial charge in [0.1, 0.15) is 0 Å². The maximum absolute atomic E-state index is 12.0. The van der Waals surface area contributed by atoms with Crippen molar-refractivity contribution in [1.82, 2.24) is 9.55 Å². The van der Waals surface area contributed by atoms with E-state index in [1.807, 2.05) is 30.6 Å². The summed E-state index contributed by atoms with van der Waals surface area (Å²) in [6.45, 7) is 3.18. The Bertz CT molecular complexity index is 733. The Morgan fingerprint density at radius 2 is 2.05 bits per heavy atom. The third-order valence-electron chi connectivity index (χ3n) is 3.75. The van der Waals surface area contributed by atoms with E-state index in [4.69, 9.17) is 0 Å². The average molecular weight is 269 g/mol. The molecule has 3 rings (SSSR count). The van der Waals surface area contributed by atoms with Gasteiger partial charge >= 0.3 is 0 Å². The molecule has 0 saturated carbocycles. The van der Waals surface area contributed by atoms with E-state index in [0.717, 1.165) is 34.1 Å². The van der Waals surface area contributed by atoms with Gasteiger partial charge in [-0.05, 0) is 12.5 Å². The van der Waals surface area contributed by atoms with Crippen molar-refractivity contribution in [2.45, 2.75) is 39.2 Å². The van der Waals surface area contributed by atoms with E-state index in [9.17, 15) is 5.21 Å². The van der Waals surface area contributed by atoms with Gasteiger partial charge in [0.25, 0.3) is 0 Å². The quantitative estimate of drug-likeness (QED) is 0.405. The first-order valence-corrected chi connectivity index (χ1v) is 7.27. The van der Waals surface area contributed by atoms with E-state index >= 15 is 0 Å². The predicted molar refractivity (Wildman–Crippen MR) is 80.3 cm³/mol. The number of unbranched alkanes of at least 4 members (excludes halogenated alkanes) is 3. The van der Waals surface area contributed by atoms with Crippen molar-refractivity contribution in [2.24, 2.45) is 0 Å². The van der Waals surface area contributed by atoms with Crippen molar-refractivity contribution in [2.75, 3.05) is 0 Å². The Balaban J connectivity index is 2.04. The summed E-state index contributed by atoms with van der Waals surface area (Å²) in [4.78, 5) is 4.37. The second-order valence-electron chi connectivity index (χ2n) is 5.20. The lowest BCUT2D eigenvalue weighted by atomic mass is 10.2. The summed E-state index contributed by atoms with van der Waals surface area (Å²) in [7, 11) is 0. The first-order chi connectivity index (χ1) is 9.81. The molecule has 2 heterocycles. The normalized spacial score (nSPS) is 11.4. The number of imidazole rings is 1. The van der Waals surface area contributed by atoms with Crippen molar-refractivity contribution >= 4 is 21.9 Å². The van der Waals surface area contributed by atoms with E-state index in [2.05, 4.69) is 16.5 Å². The first-order valence-electron chi connectivity index (χ1n) is 7.27. The molecule has 1 aromatic carbocycles. The number of pyridine rings is 1. The van der Waals surface area contributed by atoms with Gasteiger partial charge in [0, 0.05) is 12.6 Å². The van der Waals surface area contributed by atoms with Gasteiger partial charge in [-0.1, -0.05) is 38.3 Å². The Morgan fingerprint density at radius 3 is 2.90 bits per heavy atom. The number of benzene rings is 1. The summed E-state index contributed by atoms with van der Waals surface area (Å²) in [6, 6.07) is 7.72. The van der Waals surface area contributed by atoms with Crippen LogP contribution in [0.4, 0.5) is 0 Å². The third kappa shape index (κ3) is 2.22. The minimum absolute atomic E-state index is 0.704. The van der Waals surface area contributed by atoms with E-state index in [1.54, 1.807) is 6.20 Å². The number of fused-ring (bicyclic) bond motifs is 3. The number of hydrogen-bond acceptors (Lipinski definition) is 2. The zero-order valence-electron chi connectivity index (χ0n) is 11.7. The molecule has 0 atom stereocenters. The van der Waals surface area contributed by atoms with Crippen LogP contribution in [0, 0.1) is 5.21 Å². The molecule has 0 bridgehead atoms. The van der Waals surface area contributed by atoms with Gasteiger partial charge in [-0.15, -0.1) is 0 Å². The Hall–Kier alpha value is -2.10. The number of aryl methyl sites for hydroxylation is 1. The number of nitrogens with zero attached hydrogens (tertiary/aromatic N) is 3. The van der Waals surface area contributed by atoms with Crippen molar-refractivity contribution in [3.8, 4) is 0 Å². The van der Waals surface area contributed by atoms with Crippen LogP contribution in [-0.4, -0.2) is 9.55 Å². The fraction of sp³-hybridized carbons (Fsp3) is 0.375. The highest BCUT2D eigenvalue weighted by atomic mass is 16.5. The summed E-state index contributed by atoms with van der Waals surface area (Å²) < 4.78 is 3.08. The molecule has 0 amide bonds. The molecule has 0 spiro atoms. The zero-order valence-corrected chi connectivity index (χ0v) is 11.7. The van der Waals surface area contributed by atoms with Crippen molar-refractivity contribution in [3.63, 3.8) is 0 Å². The van der Waals surface area contributed by atoms with Crippen molar-refractivity contribution in [1.29, 1.82) is 0 Å². The molecule has 0 radical (unpaired) electrons. The maximum atomic E-state index is 12.0. The molecule has 104 valence electrons. The minimum Gasteiger partial charge on any atom is -0.618 e. The van der Waals surface area contributed by atoms with Crippen LogP contribution < -0.4 is 4.73 Å². The Labute approximate surface area is 118 Å². The van der Waals surface area contributed by atoms with Crippen molar-refractivity contribution in [3.05, 3.63) is 42.0 Å². The van der Waals surface area contributed by atoms with Crippen molar-refractivity contribution < 1.29 is 4.73 Å². The number of para-hydroxylation sites is 1. The van der Waals surface area contributed by atoms with E-state index in [1.165, 1.54) is 19.3 Å². The highest BCUT2D eigenvalue weighted by Crippen LogP contribution is 2.22. The highest BCUT2D eigenvalue weighted by Gasteiger charge is 2.13. The summed E-state index contributed by atoms with van der Waals surface area (Å²) >= 11 is 0. The second-order valence-corrected chi connectivity index (χ2v) is 5.20. The molecule has 0 aliphatic rings. The number of hydrogen-bond donors (Lipinski definition) is 0. The lowest BCUT2D eigenvalue weighted by molar-refractivity contribution is -0.575. The fourth-order valence-corrected chi connectivity index (χ4v) is 2.71. The molecule has 0 N–H and O–H groups in total. The molecule has 4 heteroatoms. The van der Waals surface area contributed by atoms with Crippen LogP contribution in [0.15, 0.2) is 36.8 Å². The van der Waals surface area contributed by atoms with Gasteiger partial charge in [0.2, 0.25) is 11.7 Å². The molecule has 4 nitrogen and oxygen atoms in total. The molecule has 2 aromatic heterocycles. The van der Waals surface area contributed by atoms with E-state index < -0.39 is 0 Å². The standard InChI is InChI=1S/C16H19N3O/c1-2-3-4-7-10-18-12-17-14-11-19(20)15-9-6-5-8-13(15)16(14)18/h5-6,8-9,11-12H,2-4,7,10H2,1H3. The number of rotatable bonds is 5. The van der Waals surface area contributed by atoms with Crippen LogP contribution in [0.5, 0.6) is 0 Å². The lowest BCUT2D eigenvalue weighted by Crippen LogP contribution is -2.26. The van der Waals surface area contributed by atoms with Crippen LogP contribution in [0.1, 0.15) is 32.6 Å². The van der Waals surface area contributed by atoms with Gasteiger partial charge < -0.3 is 9.77 Å². The highest BCUT2D eigenvalue weighted by molar-refractivity contribution is 6.00. The topological polar surface area (TPSA) is 44.8 Å². The van der Waals surface area contributed by atoms with Gasteiger partial charge in [-0.25, -0.2) is 4.98 Å². The SMILES string of the molecule is CCCCCCn1cnc2c[n+]([O-])c3ccccc3c21. The predicted octanol–water partition coefficient (Wildman–Crippen LogP) is 3.40. The molecule has 0 fully saturated rings. The molecule has 3 aromatic rings. The fourth-order valence-electron chi connectivity index (χ4n) is 2.71. The second kappa shape index (κ2) is 5.49. The molecule has 0 unspecified atom stereocenters. The van der Waals surface area contributed by atoms with Crippen LogP contribution >= 0.6 is 0 Å². The van der Waals surface area contributed by atoms with Gasteiger partial charge in [-0.2, -0.15) is 4.73 Å². The molecule has 0 aliphatic carbocycles. The van der Waals surface area contributed by atoms with E-state index in [-0.39, 0.29) is 0 Å². The first kappa shape index (κ1) is 12.9. The minimum atomic E-state index is 0.704. The Morgan fingerprint density at radius 1 is 1.20 bits per heavy atom. The summed E-state index contributed by atoms with van der Waals surface area (Å²) in [6.07, 6.45) is 8.32. The van der Waals surface area contributed by atoms with Gasteiger partial charge in [-0.3, -0.25) is 0 Å². The maximum Gasteiger partial charge on any atom is 0.226 e. The lowest BCUT2D eigenvalue weighted by Gasteiger charge is -2.07. The molecule has 20 heavy (non-hydrogen) atoms. The van der Waals surface area contributed by atoms with Crippen LogP contribution in [-0.2, 0) is 6.54 Å². The van der Waals surface area contributed by atoms with Crippen LogP contribution in [0.3, 0.4) is 0 Å². The summed E-state index contributed by atoms with van der Waals surface area (Å²) in [5.74, 6) is 0. The smallest absolute Gasteiger partial charge is 0.226 e. The summed E-state index contributed by atoms with van der Waals surface area (Å²) in [5, 5.41) is 12.9. The molecule has 0 aliphatic heterocycles. The molecular weight excluding hydrogens is 250 g/mol. The average Bonchev–Trinajstić information content (AvgIpc) is 2.87. The number of aromatic nitrogens is 3. The molecular formula is C16H19N3O. The van der Waals surface area contributed by atoms with Crippen LogP contribution in [0.2, 0.25) is 0 Å². The van der Waals surface area contributed by atoms with Gasteiger partial charge in [0.15, 0.2) is 5.52 Å². The Kier molecular flexibility index (Phi) is 3.54. The largest absolute Gasteiger partial charge is 0.618 e. The monoisotopic (exact) mass is 269 g/mol. The van der Waals surface area contributed by atoms with Crippen LogP contribution in [0.25, 0.3) is 21.9 Å². The van der Waals surface area contributed by atoms with E-state index in [0.29, 0.717) is 5.52 Å². The zero-order chi connectivity index (χ0) is 13.9. The van der Waals surface area contributed by atoms with Gasteiger partial charge in [0.05, 0.1) is 17.2 Å². The molecule has 0 saturated heterocycles.